The first-order valence-corrected chi connectivity index (χ1v) is 11.2. The number of Topliss-reactive ketones (excluding diaryl/α,β-unsaturated/α-hetero) is 1. The molecule has 0 radical (unpaired) electrons. The molecule has 0 atom stereocenters. The quantitative estimate of drug-likeness (QED) is 0.637. The number of ketones is 1. The molecule has 0 fully saturated rings. The average molecular weight is 448 g/mol. The number of hydrogen-bond donors (Lipinski definition) is 0. The third kappa shape index (κ3) is 4.71. The van der Waals surface area contributed by atoms with Crippen LogP contribution in [0.25, 0.3) is 0 Å². The van der Waals surface area contributed by atoms with Gasteiger partial charge in [-0.1, -0.05) is 20.8 Å². The van der Waals surface area contributed by atoms with E-state index in [2.05, 4.69) is 4.98 Å². The second kappa shape index (κ2) is 7.50. The van der Waals surface area contributed by atoms with E-state index >= 15 is 0 Å². The molecule has 1 heterocycles. The monoisotopic (exact) mass is 447 g/mol. The topological polar surface area (TPSA) is 64.1 Å². The van der Waals surface area contributed by atoms with Gasteiger partial charge in [0.15, 0.2) is 15.6 Å². The molecule has 4 nitrogen and oxygen atoms in total. The summed E-state index contributed by atoms with van der Waals surface area (Å²) in [7, 11) is -4.19. The van der Waals surface area contributed by atoms with Crippen molar-refractivity contribution in [2.75, 3.05) is 0 Å². The Balaban J connectivity index is 2.32. The van der Waals surface area contributed by atoms with Crippen LogP contribution in [-0.4, -0.2) is 23.9 Å². The number of thiazole rings is 1. The highest BCUT2D eigenvalue weighted by molar-refractivity contribution is 7.93. The zero-order chi connectivity index (χ0) is 22.4. The van der Waals surface area contributed by atoms with Gasteiger partial charge in [0.2, 0.25) is 0 Å². The molecule has 0 amide bonds. The van der Waals surface area contributed by atoms with E-state index in [0.717, 1.165) is 22.7 Å². The highest BCUT2D eigenvalue weighted by atomic mass is 32.2. The molecule has 0 saturated heterocycles. The summed E-state index contributed by atoms with van der Waals surface area (Å²) in [4.78, 5) is 18.0. The number of alkyl halides is 3. The van der Waals surface area contributed by atoms with E-state index in [4.69, 9.17) is 0 Å². The maximum absolute atomic E-state index is 13.0. The molecule has 9 heteroatoms. The minimum Gasteiger partial charge on any atom is -0.297 e. The fourth-order valence-corrected chi connectivity index (χ4v) is 5.42. The molecule has 2 rings (SSSR count). The highest BCUT2D eigenvalue weighted by Gasteiger charge is 2.43. The van der Waals surface area contributed by atoms with E-state index in [1.807, 2.05) is 27.7 Å². The molecule has 0 spiro atoms. The van der Waals surface area contributed by atoms with Gasteiger partial charge in [-0.25, -0.2) is 13.4 Å². The Kier molecular flexibility index (Phi) is 6.09. The lowest BCUT2D eigenvalue weighted by atomic mass is 9.93. The summed E-state index contributed by atoms with van der Waals surface area (Å²) in [5.74, 6) is -0.563. The summed E-state index contributed by atoms with van der Waals surface area (Å²) in [6, 6.07) is 3.18. The molecule has 0 aliphatic rings. The molecular formula is C20H24F3NO3S2. The minimum atomic E-state index is -4.57. The molecule has 0 bridgehead atoms. The van der Waals surface area contributed by atoms with Crippen LogP contribution in [0.15, 0.2) is 29.2 Å². The van der Waals surface area contributed by atoms with Crippen LogP contribution in [0.4, 0.5) is 13.2 Å². The number of hydrogen-bond acceptors (Lipinski definition) is 5. The second-order valence-corrected chi connectivity index (χ2v) is 12.0. The fraction of sp³-hybridized carbons (Fsp3) is 0.500. The maximum Gasteiger partial charge on any atom is 0.416 e. The zero-order valence-electron chi connectivity index (χ0n) is 17.1. The number of carbonyl (C=O) groups excluding carboxylic acids is 1. The number of nitrogens with zero attached hydrogens (tertiary/aromatic N) is 1. The van der Waals surface area contributed by atoms with E-state index in [0.29, 0.717) is 17.1 Å². The van der Waals surface area contributed by atoms with Gasteiger partial charge in [0.1, 0.15) is 9.75 Å². The number of aryl methyl sites for hydroxylation is 1. The smallest absolute Gasteiger partial charge is 0.297 e. The lowest BCUT2D eigenvalue weighted by molar-refractivity contribution is -0.137. The van der Waals surface area contributed by atoms with Crippen molar-refractivity contribution < 1.29 is 26.4 Å². The van der Waals surface area contributed by atoms with Gasteiger partial charge >= 0.3 is 6.18 Å². The summed E-state index contributed by atoms with van der Waals surface area (Å²) < 4.78 is 62.3. The van der Waals surface area contributed by atoms with Crippen LogP contribution < -0.4 is 0 Å². The van der Waals surface area contributed by atoms with Crippen LogP contribution in [0.2, 0.25) is 0 Å². The molecule has 0 aliphatic heterocycles. The summed E-state index contributed by atoms with van der Waals surface area (Å²) in [5, 5.41) is 0.521. The second-order valence-electron chi connectivity index (χ2n) is 8.41. The summed E-state index contributed by atoms with van der Waals surface area (Å²) in [6.45, 7) is 10.5. The summed E-state index contributed by atoms with van der Waals surface area (Å²) >= 11 is 1.37. The number of benzene rings is 1. The lowest BCUT2D eigenvalue weighted by Crippen LogP contribution is -2.41. The molecular weight excluding hydrogens is 423 g/mol. The number of aromatic nitrogens is 1. The molecule has 0 aliphatic carbocycles. The molecule has 1 aromatic carbocycles. The standard InChI is InChI=1S/C20H24F3NO3S2/c1-12-17(18(2,3)4)28-16(24-12)11-15(25)19(5,6)29(26,27)14-9-7-13(8-10-14)20(21,22)23/h7-10H,11H2,1-6H3. The average Bonchev–Trinajstić information content (AvgIpc) is 2.94. The SMILES string of the molecule is Cc1nc(CC(=O)C(C)(C)S(=O)(=O)c2ccc(C(F)(F)F)cc2)sc1C(C)(C)C. The number of halogens is 3. The van der Waals surface area contributed by atoms with Gasteiger partial charge in [-0.05, 0) is 50.5 Å². The van der Waals surface area contributed by atoms with Gasteiger partial charge in [-0.15, -0.1) is 11.3 Å². The van der Waals surface area contributed by atoms with E-state index in [-0.39, 0.29) is 16.7 Å². The van der Waals surface area contributed by atoms with Crippen LogP contribution >= 0.6 is 11.3 Å². The molecule has 2 aromatic rings. The van der Waals surface area contributed by atoms with Crippen molar-refractivity contribution in [3.63, 3.8) is 0 Å². The van der Waals surface area contributed by atoms with Crippen molar-refractivity contribution in [1.82, 2.24) is 4.98 Å². The zero-order valence-corrected chi connectivity index (χ0v) is 18.8. The molecule has 1 aromatic heterocycles. The Hall–Kier alpha value is -1.74. The predicted octanol–water partition coefficient (Wildman–Crippen LogP) is 5.13. The molecule has 0 saturated carbocycles. The first kappa shape index (κ1) is 23.5. The van der Waals surface area contributed by atoms with E-state index in [9.17, 15) is 26.4 Å². The summed E-state index contributed by atoms with van der Waals surface area (Å²) in [6.07, 6.45) is -4.73. The Labute approximate surface area is 173 Å². The fourth-order valence-electron chi connectivity index (χ4n) is 2.84. The predicted molar refractivity (Wildman–Crippen MR) is 107 cm³/mol. The number of carbonyl (C=O) groups is 1. The van der Waals surface area contributed by atoms with Crippen LogP contribution in [0.1, 0.15) is 55.8 Å². The van der Waals surface area contributed by atoms with E-state index < -0.39 is 32.1 Å². The maximum atomic E-state index is 13.0. The van der Waals surface area contributed by atoms with Crippen LogP contribution in [0, 0.1) is 6.92 Å². The molecule has 29 heavy (non-hydrogen) atoms. The minimum absolute atomic E-state index is 0.148. The van der Waals surface area contributed by atoms with E-state index in [1.54, 1.807) is 0 Å². The van der Waals surface area contributed by atoms with Gasteiger partial charge in [-0.2, -0.15) is 13.2 Å². The normalized spacial score (nSPS) is 13.6. The van der Waals surface area contributed by atoms with Gasteiger partial charge in [0, 0.05) is 4.88 Å². The molecule has 0 unspecified atom stereocenters. The van der Waals surface area contributed by atoms with Crippen molar-refractivity contribution in [3.05, 3.63) is 45.4 Å². The highest BCUT2D eigenvalue weighted by Crippen LogP contribution is 2.34. The van der Waals surface area contributed by atoms with Gasteiger partial charge < -0.3 is 0 Å². The van der Waals surface area contributed by atoms with Gasteiger partial charge in [0.25, 0.3) is 0 Å². The first-order valence-electron chi connectivity index (χ1n) is 8.90. The van der Waals surface area contributed by atoms with Crippen molar-refractivity contribution >= 4 is 27.0 Å². The Bertz CT molecular complexity index is 1010. The van der Waals surface area contributed by atoms with Gasteiger partial charge in [0.05, 0.1) is 22.6 Å². The lowest BCUT2D eigenvalue weighted by Gasteiger charge is -2.23. The Morgan fingerprint density at radius 2 is 1.55 bits per heavy atom. The molecule has 160 valence electrons. The van der Waals surface area contributed by atoms with E-state index in [1.165, 1.54) is 25.2 Å². The van der Waals surface area contributed by atoms with Gasteiger partial charge in [-0.3, -0.25) is 4.79 Å². The van der Waals surface area contributed by atoms with Crippen molar-refractivity contribution in [1.29, 1.82) is 0 Å². The van der Waals surface area contributed by atoms with Crippen molar-refractivity contribution in [2.45, 2.75) is 69.2 Å². The summed E-state index contributed by atoms with van der Waals surface area (Å²) in [5.41, 5.74) is -0.299. The first-order chi connectivity index (χ1) is 13.0. The third-order valence-electron chi connectivity index (χ3n) is 4.67. The van der Waals surface area contributed by atoms with Crippen LogP contribution in [0.5, 0.6) is 0 Å². The number of sulfone groups is 1. The number of rotatable bonds is 5. The van der Waals surface area contributed by atoms with Crippen molar-refractivity contribution in [2.24, 2.45) is 0 Å². The Morgan fingerprint density at radius 3 is 1.97 bits per heavy atom. The van der Waals surface area contributed by atoms with Crippen molar-refractivity contribution in [3.8, 4) is 0 Å². The third-order valence-corrected chi connectivity index (χ3v) is 8.72. The van der Waals surface area contributed by atoms with Crippen LogP contribution in [-0.2, 0) is 32.6 Å². The van der Waals surface area contributed by atoms with Crippen LogP contribution in [0.3, 0.4) is 0 Å². The molecule has 0 N–H and O–H groups in total. The Morgan fingerprint density at radius 1 is 1.03 bits per heavy atom. The largest absolute Gasteiger partial charge is 0.416 e.